The fourth-order valence-corrected chi connectivity index (χ4v) is 2.01. The lowest BCUT2D eigenvalue weighted by Gasteiger charge is -2.31. The summed E-state index contributed by atoms with van der Waals surface area (Å²) in [6, 6.07) is 0. The summed E-state index contributed by atoms with van der Waals surface area (Å²) >= 11 is 0. The Balaban J connectivity index is 2.31. The zero-order valence-corrected chi connectivity index (χ0v) is 7.42. The maximum atomic E-state index is 9.64. The molecule has 65 valence electrons. The van der Waals surface area contributed by atoms with Crippen molar-refractivity contribution in [2.75, 3.05) is 0 Å². The van der Waals surface area contributed by atoms with Crippen LogP contribution in [0.25, 0.3) is 0 Å². The molecule has 1 heteroatoms. The Bertz CT molecular complexity index is 111. The maximum Gasteiger partial charge on any atom is 0.0570 e. The van der Waals surface area contributed by atoms with Crippen LogP contribution >= 0.6 is 0 Å². The summed E-state index contributed by atoms with van der Waals surface area (Å²) in [5.74, 6) is 1.27. The van der Waals surface area contributed by atoms with E-state index in [0.29, 0.717) is 5.92 Å². The second-order valence-corrected chi connectivity index (χ2v) is 3.89. The molecule has 1 fully saturated rings. The first-order chi connectivity index (χ1) is 5.24. The molecule has 3 unspecified atom stereocenters. The fraction of sp³-hybridized carbons (Fsp3) is 0.900. The Morgan fingerprint density at radius 2 is 2.18 bits per heavy atom. The molecule has 0 spiro atoms. The van der Waals surface area contributed by atoms with Crippen LogP contribution in [0.4, 0.5) is 0 Å². The summed E-state index contributed by atoms with van der Waals surface area (Å²) in [5.41, 5.74) is 0. The molecule has 0 aliphatic heterocycles. The van der Waals surface area contributed by atoms with Crippen LogP contribution < -0.4 is 0 Å². The van der Waals surface area contributed by atoms with Crippen LogP contribution in [0.15, 0.2) is 0 Å². The van der Waals surface area contributed by atoms with Crippen molar-refractivity contribution in [1.82, 2.24) is 0 Å². The average Bonchev–Trinajstić information content (AvgIpc) is 1.95. The molecular formula is C10H19O. The number of hydrogen-bond acceptors (Lipinski definition) is 1. The highest BCUT2D eigenvalue weighted by Crippen LogP contribution is 2.31. The van der Waals surface area contributed by atoms with Crippen molar-refractivity contribution in [2.24, 2.45) is 11.8 Å². The van der Waals surface area contributed by atoms with Crippen LogP contribution in [0.5, 0.6) is 0 Å². The van der Waals surface area contributed by atoms with E-state index < -0.39 is 0 Å². The summed E-state index contributed by atoms with van der Waals surface area (Å²) in [4.78, 5) is 0. The second kappa shape index (κ2) is 4.10. The van der Waals surface area contributed by atoms with Gasteiger partial charge in [-0.15, -0.1) is 0 Å². The first-order valence-electron chi connectivity index (χ1n) is 4.71. The van der Waals surface area contributed by atoms with Crippen molar-refractivity contribution in [3.63, 3.8) is 0 Å². The van der Waals surface area contributed by atoms with Crippen molar-refractivity contribution in [2.45, 2.75) is 45.1 Å². The van der Waals surface area contributed by atoms with E-state index in [2.05, 4.69) is 13.8 Å². The predicted octanol–water partition coefficient (Wildman–Crippen LogP) is 2.40. The van der Waals surface area contributed by atoms with Gasteiger partial charge in [-0.3, -0.25) is 0 Å². The Morgan fingerprint density at radius 3 is 2.73 bits per heavy atom. The van der Waals surface area contributed by atoms with Gasteiger partial charge in [0.05, 0.1) is 6.10 Å². The monoisotopic (exact) mass is 155 g/mol. The summed E-state index contributed by atoms with van der Waals surface area (Å²) in [5, 5.41) is 9.64. The van der Waals surface area contributed by atoms with Crippen molar-refractivity contribution in [1.29, 1.82) is 0 Å². The molecule has 0 amide bonds. The zero-order valence-electron chi connectivity index (χ0n) is 7.42. The third-order valence-electron chi connectivity index (χ3n) is 2.79. The Hall–Kier alpha value is -0.0400. The largest absolute Gasteiger partial charge is 0.393 e. The molecule has 1 aliphatic rings. The molecule has 0 aromatic rings. The van der Waals surface area contributed by atoms with Crippen molar-refractivity contribution >= 4 is 0 Å². The van der Waals surface area contributed by atoms with E-state index in [9.17, 15) is 5.11 Å². The first kappa shape index (κ1) is 9.05. The lowest BCUT2D eigenvalue weighted by atomic mass is 9.79. The molecule has 11 heavy (non-hydrogen) atoms. The van der Waals surface area contributed by atoms with E-state index in [4.69, 9.17) is 0 Å². The maximum absolute atomic E-state index is 9.64. The van der Waals surface area contributed by atoms with Gasteiger partial charge in [0.1, 0.15) is 0 Å². The van der Waals surface area contributed by atoms with Gasteiger partial charge in [-0.2, -0.15) is 0 Å². The molecule has 1 aliphatic carbocycles. The van der Waals surface area contributed by atoms with Gasteiger partial charge in [-0.1, -0.05) is 26.7 Å². The summed E-state index contributed by atoms with van der Waals surface area (Å²) in [6.45, 7) is 6.05. The molecule has 0 heterocycles. The quantitative estimate of drug-likeness (QED) is 0.649. The SMILES string of the molecule is [CH2]CCC1CCC(C)CC1O. The van der Waals surface area contributed by atoms with Crippen LogP contribution in [-0.4, -0.2) is 11.2 Å². The average molecular weight is 155 g/mol. The standard InChI is InChI=1S/C10H19O/c1-3-4-9-6-5-8(2)7-10(9)11/h8-11H,1,3-7H2,2H3. The lowest BCUT2D eigenvalue weighted by molar-refractivity contribution is 0.0452. The normalized spacial score (nSPS) is 39.0. The fourth-order valence-electron chi connectivity index (χ4n) is 2.01. The van der Waals surface area contributed by atoms with Gasteiger partial charge in [0.2, 0.25) is 0 Å². The van der Waals surface area contributed by atoms with E-state index >= 15 is 0 Å². The van der Waals surface area contributed by atoms with Crippen molar-refractivity contribution in [3.8, 4) is 0 Å². The molecular weight excluding hydrogens is 136 g/mol. The molecule has 0 aromatic heterocycles. The minimum Gasteiger partial charge on any atom is -0.393 e. The zero-order chi connectivity index (χ0) is 8.27. The van der Waals surface area contributed by atoms with E-state index in [1.165, 1.54) is 12.8 Å². The highest BCUT2D eigenvalue weighted by Gasteiger charge is 2.25. The molecule has 1 saturated carbocycles. The molecule has 0 bridgehead atoms. The van der Waals surface area contributed by atoms with E-state index in [-0.39, 0.29) is 6.10 Å². The van der Waals surface area contributed by atoms with E-state index in [0.717, 1.165) is 25.2 Å². The van der Waals surface area contributed by atoms with Gasteiger partial charge >= 0.3 is 0 Å². The number of aliphatic hydroxyl groups excluding tert-OH is 1. The van der Waals surface area contributed by atoms with Gasteiger partial charge in [0.15, 0.2) is 0 Å². The smallest absolute Gasteiger partial charge is 0.0570 e. The molecule has 1 rings (SSSR count). The van der Waals surface area contributed by atoms with Crippen LogP contribution in [0.2, 0.25) is 0 Å². The van der Waals surface area contributed by atoms with Crippen LogP contribution in [0, 0.1) is 18.8 Å². The van der Waals surface area contributed by atoms with Crippen molar-refractivity contribution in [3.05, 3.63) is 6.92 Å². The lowest BCUT2D eigenvalue weighted by Crippen LogP contribution is -2.28. The summed E-state index contributed by atoms with van der Waals surface area (Å²) < 4.78 is 0. The minimum absolute atomic E-state index is 0.0412. The molecule has 1 nitrogen and oxygen atoms in total. The second-order valence-electron chi connectivity index (χ2n) is 3.89. The van der Waals surface area contributed by atoms with Gasteiger partial charge in [0.25, 0.3) is 0 Å². The Morgan fingerprint density at radius 1 is 1.45 bits per heavy atom. The summed E-state index contributed by atoms with van der Waals surface area (Å²) in [6.07, 6.45) is 5.54. The molecule has 0 saturated heterocycles. The predicted molar refractivity (Wildman–Crippen MR) is 47.1 cm³/mol. The molecule has 1 N–H and O–H groups in total. The van der Waals surface area contributed by atoms with Crippen molar-refractivity contribution < 1.29 is 5.11 Å². The molecule has 3 atom stereocenters. The van der Waals surface area contributed by atoms with Gasteiger partial charge in [-0.25, -0.2) is 0 Å². The third-order valence-corrected chi connectivity index (χ3v) is 2.79. The molecule has 0 aromatic carbocycles. The van der Waals surface area contributed by atoms with Crippen LogP contribution in [0.1, 0.15) is 39.0 Å². The topological polar surface area (TPSA) is 20.2 Å². The Labute approximate surface area is 69.8 Å². The number of hydrogen-bond donors (Lipinski definition) is 1. The summed E-state index contributed by atoms with van der Waals surface area (Å²) in [7, 11) is 0. The Kier molecular flexibility index (Phi) is 3.38. The van der Waals surface area contributed by atoms with Gasteiger partial charge in [0, 0.05) is 0 Å². The van der Waals surface area contributed by atoms with E-state index in [1.54, 1.807) is 0 Å². The van der Waals surface area contributed by atoms with Crippen LogP contribution in [-0.2, 0) is 0 Å². The van der Waals surface area contributed by atoms with E-state index in [1.807, 2.05) is 0 Å². The number of rotatable bonds is 2. The minimum atomic E-state index is -0.0412. The van der Waals surface area contributed by atoms with Gasteiger partial charge in [-0.05, 0) is 31.1 Å². The van der Waals surface area contributed by atoms with Crippen LogP contribution in [0.3, 0.4) is 0 Å². The molecule has 1 radical (unpaired) electrons. The highest BCUT2D eigenvalue weighted by molar-refractivity contribution is 4.77. The number of aliphatic hydroxyl groups is 1. The van der Waals surface area contributed by atoms with Gasteiger partial charge < -0.3 is 5.11 Å². The highest BCUT2D eigenvalue weighted by atomic mass is 16.3. The first-order valence-corrected chi connectivity index (χ1v) is 4.71. The third kappa shape index (κ3) is 2.48.